The lowest BCUT2D eigenvalue weighted by Crippen LogP contribution is -2.37. The highest BCUT2D eigenvalue weighted by Gasteiger charge is 2.26. The van der Waals surface area contributed by atoms with Crippen LogP contribution in [0.4, 0.5) is 0 Å². The van der Waals surface area contributed by atoms with Crippen LogP contribution in [-0.4, -0.2) is 19.7 Å². The molecule has 0 bridgehead atoms. The van der Waals surface area contributed by atoms with E-state index in [-0.39, 0.29) is 0 Å². The summed E-state index contributed by atoms with van der Waals surface area (Å²) in [6.07, 6.45) is 0. The van der Waals surface area contributed by atoms with Crippen molar-refractivity contribution in [3.63, 3.8) is 0 Å². The van der Waals surface area contributed by atoms with Crippen molar-refractivity contribution in [2.24, 2.45) is 0 Å². The second-order valence-corrected chi connectivity index (χ2v) is 3.34. The molecule has 1 aromatic heterocycles. The Morgan fingerprint density at radius 3 is 2.77 bits per heavy atom. The van der Waals surface area contributed by atoms with Crippen molar-refractivity contribution in [2.45, 2.75) is 19.8 Å². The Labute approximate surface area is 82.2 Å². The highest BCUT2D eigenvalue weighted by atomic mass is 32.1. The van der Waals surface area contributed by atoms with Gasteiger partial charge >= 0.3 is 5.97 Å². The molecule has 0 spiro atoms. The van der Waals surface area contributed by atoms with E-state index < -0.39 is 5.97 Å². The first-order valence-corrected chi connectivity index (χ1v) is 5.05. The predicted octanol–water partition coefficient (Wildman–Crippen LogP) is 2.48. The molecule has 74 valence electrons. The Balaban J connectivity index is 2.58. The molecule has 0 fully saturated rings. The maximum Gasteiger partial charge on any atom is 0.323 e. The van der Waals surface area contributed by atoms with E-state index in [1.807, 2.05) is 23.8 Å². The third-order valence-electron chi connectivity index (χ3n) is 1.58. The largest absolute Gasteiger partial charge is 0.438 e. The maximum atomic E-state index is 5.50. The van der Waals surface area contributed by atoms with E-state index >= 15 is 0 Å². The van der Waals surface area contributed by atoms with E-state index in [1.54, 1.807) is 25.4 Å². The zero-order valence-electron chi connectivity index (χ0n) is 8.07. The van der Waals surface area contributed by atoms with Crippen LogP contribution in [0.2, 0.25) is 0 Å². The van der Waals surface area contributed by atoms with Crippen LogP contribution in [0.5, 0.6) is 5.75 Å². The van der Waals surface area contributed by atoms with Crippen LogP contribution in [0, 0.1) is 0 Å². The average molecular weight is 202 g/mol. The van der Waals surface area contributed by atoms with Crippen LogP contribution in [0.1, 0.15) is 13.8 Å². The molecular weight excluding hydrogens is 188 g/mol. The van der Waals surface area contributed by atoms with Gasteiger partial charge in [0.25, 0.3) is 0 Å². The van der Waals surface area contributed by atoms with Gasteiger partial charge in [-0.25, -0.2) is 0 Å². The van der Waals surface area contributed by atoms with Gasteiger partial charge in [0.1, 0.15) is 5.75 Å². The number of ether oxygens (including phenoxy) is 3. The van der Waals surface area contributed by atoms with Gasteiger partial charge in [-0.05, 0) is 18.4 Å². The van der Waals surface area contributed by atoms with Gasteiger partial charge in [0, 0.05) is 19.4 Å². The zero-order valence-corrected chi connectivity index (χ0v) is 8.89. The summed E-state index contributed by atoms with van der Waals surface area (Å²) in [5.74, 6) is -0.210. The highest BCUT2D eigenvalue weighted by molar-refractivity contribution is 7.08. The Bertz CT molecular complexity index is 235. The van der Waals surface area contributed by atoms with Crippen molar-refractivity contribution in [3.05, 3.63) is 16.8 Å². The summed E-state index contributed by atoms with van der Waals surface area (Å²) < 4.78 is 15.9. The van der Waals surface area contributed by atoms with Gasteiger partial charge < -0.3 is 14.2 Å². The first-order chi connectivity index (χ1) is 6.20. The Morgan fingerprint density at radius 2 is 2.31 bits per heavy atom. The van der Waals surface area contributed by atoms with E-state index in [0.717, 1.165) is 5.75 Å². The maximum absolute atomic E-state index is 5.50. The van der Waals surface area contributed by atoms with Gasteiger partial charge in [-0.1, -0.05) is 0 Å². The number of thiophene rings is 1. The first kappa shape index (κ1) is 10.5. The molecule has 1 heterocycles. The van der Waals surface area contributed by atoms with Crippen molar-refractivity contribution in [2.75, 3.05) is 13.7 Å². The van der Waals surface area contributed by atoms with E-state index in [4.69, 9.17) is 14.2 Å². The molecule has 1 atom stereocenters. The van der Waals surface area contributed by atoms with Crippen LogP contribution < -0.4 is 4.74 Å². The summed E-state index contributed by atoms with van der Waals surface area (Å²) >= 11 is 1.57. The molecule has 1 aromatic rings. The summed E-state index contributed by atoms with van der Waals surface area (Å²) in [5, 5.41) is 3.84. The van der Waals surface area contributed by atoms with Crippen LogP contribution >= 0.6 is 11.3 Å². The normalized spacial score (nSPS) is 15.3. The third-order valence-corrected chi connectivity index (χ3v) is 2.24. The fraction of sp³-hybridized carbons (Fsp3) is 0.556. The minimum atomic E-state index is -0.976. The Hall–Kier alpha value is -0.580. The van der Waals surface area contributed by atoms with Gasteiger partial charge in [-0.2, -0.15) is 0 Å². The Kier molecular flexibility index (Phi) is 3.71. The third kappa shape index (κ3) is 2.99. The van der Waals surface area contributed by atoms with Gasteiger partial charge in [0.05, 0.1) is 6.61 Å². The monoisotopic (exact) mass is 202 g/mol. The number of hydrogen-bond acceptors (Lipinski definition) is 4. The van der Waals surface area contributed by atoms with E-state index in [1.165, 1.54) is 0 Å². The molecule has 3 nitrogen and oxygen atoms in total. The van der Waals surface area contributed by atoms with E-state index in [2.05, 4.69) is 0 Å². The van der Waals surface area contributed by atoms with Crippen LogP contribution in [0.15, 0.2) is 16.8 Å². The summed E-state index contributed by atoms with van der Waals surface area (Å²) in [6, 6.07) is 1.88. The van der Waals surface area contributed by atoms with Gasteiger partial charge in [0.15, 0.2) is 0 Å². The van der Waals surface area contributed by atoms with Gasteiger partial charge in [0.2, 0.25) is 0 Å². The van der Waals surface area contributed by atoms with Crippen molar-refractivity contribution in [1.82, 2.24) is 0 Å². The quantitative estimate of drug-likeness (QED) is 0.686. The molecule has 0 radical (unpaired) electrons. The fourth-order valence-corrected chi connectivity index (χ4v) is 1.47. The van der Waals surface area contributed by atoms with Crippen molar-refractivity contribution in [1.29, 1.82) is 0 Å². The standard InChI is InChI=1S/C9H14O3S/c1-4-11-9(2,10-3)12-8-5-6-13-7-8/h5-7H,4H2,1-3H3. The van der Waals surface area contributed by atoms with Crippen LogP contribution in [0.25, 0.3) is 0 Å². The topological polar surface area (TPSA) is 27.7 Å². The van der Waals surface area contributed by atoms with Crippen molar-refractivity contribution in [3.8, 4) is 5.75 Å². The van der Waals surface area contributed by atoms with E-state index in [9.17, 15) is 0 Å². The lowest BCUT2D eigenvalue weighted by molar-refractivity contribution is -0.319. The molecule has 4 heteroatoms. The molecule has 0 aliphatic rings. The summed E-state index contributed by atoms with van der Waals surface area (Å²) in [4.78, 5) is 0. The van der Waals surface area contributed by atoms with Crippen molar-refractivity contribution >= 4 is 11.3 Å². The molecule has 0 amide bonds. The predicted molar refractivity (Wildman–Crippen MR) is 52.0 cm³/mol. The second-order valence-electron chi connectivity index (χ2n) is 2.56. The summed E-state index contributed by atoms with van der Waals surface area (Å²) in [7, 11) is 1.56. The molecule has 1 rings (SSSR count). The average Bonchev–Trinajstić information content (AvgIpc) is 2.57. The SMILES string of the molecule is CCOC(C)(OC)Oc1ccsc1. The molecular formula is C9H14O3S. The Morgan fingerprint density at radius 1 is 1.54 bits per heavy atom. The first-order valence-electron chi connectivity index (χ1n) is 4.10. The smallest absolute Gasteiger partial charge is 0.323 e. The van der Waals surface area contributed by atoms with Gasteiger partial charge in [-0.3, -0.25) is 0 Å². The lowest BCUT2D eigenvalue weighted by atomic mass is 10.5. The second kappa shape index (κ2) is 4.60. The molecule has 0 saturated heterocycles. The fourth-order valence-electron chi connectivity index (χ4n) is 0.916. The van der Waals surface area contributed by atoms with Crippen LogP contribution in [0.3, 0.4) is 0 Å². The summed E-state index contributed by atoms with van der Waals surface area (Å²) in [6.45, 7) is 4.19. The van der Waals surface area contributed by atoms with Crippen LogP contribution in [-0.2, 0) is 9.47 Å². The number of methoxy groups -OCH3 is 1. The minimum absolute atomic E-state index is 0.550. The molecule has 0 N–H and O–H groups in total. The van der Waals surface area contributed by atoms with Gasteiger partial charge in [-0.15, -0.1) is 11.3 Å². The molecule has 13 heavy (non-hydrogen) atoms. The van der Waals surface area contributed by atoms with E-state index in [0.29, 0.717) is 6.61 Å². The minimum Gasteiger partial charge on any atom is -0.438 e. The molecule has 1 unspecified atom stereocenters. The zero-order chi connectivity index (χ0) is 9.73. The lowest BCUT2D eigenvalue weighted by Gasteiger charge is -2.27. The highest BCUT2D eigenvalue weighted by Crippen LogP contribution is 2.22. The molecule has 0 aromatic carbocycles. The van der Waals surface area contributed by atoms with Crippen molar-refractivity contribution < 1.29 is 14.2 Å². The summed E-state index contributed by atoms with van der Waals surface area (Å²) in [5.41, 5.74) is 0. The number of rotatable bonds is 5. The molecule has 0 saturated carbocycles. The molecule has 0 aliphatic carbocycles. The molecule has 0 aliphatic heterocycles. The number of hydrogen-bond donors (Lipinski definition) is 0.